The fraction of sp³-hybridized carbons (Fsp3) is 0.381. The van der Waals surface area contributed by atoms with E-state index in [0.717, 1.165) is 57.1 Å². The number of benzene rings is 2. The molecule has 0 aliphatic carbocycles. The van der Waals surface area contributed by atoms with Crippen molar-refractivity contribution in [3.63, 3.8) is 0 Å². The van der Waals surface area contributed by atoms with Gasteiger partial charge in [-0.25, -0.2) is 8.78 Å². The summed E-state index contributed by atoms with van der Waals surface area (Å²) < 4.78 is 26.1. The Morgan fingerprint density at radius 1 is 1.00 bits per heavy atom. The molecule has 0 atom stereocenters. The van der Waals surface area contributed by atoms with E-state index in [2.05, 4.69) is 22.0 Å². The SMILES string of the molecule is CCN1CCN(Cc2ccc(NC(=O)CSc3ccc(F)c(F)c3)cc2)CC1. The highest BCUT2D eigenvalue weighted by atomic mass is 32.2. The van der Waals surface area contributed by atoms with Crippen molar-refractivity contribution in [2.45, 2.75) is 18.4 Å². The van der Waals surface area contributed by atoms with Gasteiger partial charge in [-0.2, -0.15) is 0 Å². The van der Waals surface area contributed by atoms with E-state index in [4.69, 9.17) is 0 Å². The van der Waals surface area contributed by atoms with Gasteiger partial charge >= 0.3 is 0 Å². The van der Waals surface area contributed by atoms with Crippen LogP contribution >= 0.6 is 11.8 Å². The molecule has 0 spiro atoms. The number of anilines is 1. The molecule has 1 N–H and O–H groups in total. The van der Waals surface area contributed by atoms with E-state index in [0.29, 0.717) is 4.90 Å². The first-order valence-electron chi connectivity index (χ1n) is 9.45. The average molecular weight is 406 g/mol. The molecule has 1 aliphatic rings. The summed E-state index contributed by atoms with van der Waals surface area (Å²) in [5.41, 5.74) is 1.95. The molecule has 3 rings (SSSR count). The minimum absolute atomic E-state index is 0.133. The van der Waals surface area contributed by atoms with Crippen molar-refractivity contribution < 1.29 is 13.6 Å². The second-order valence-electron chi connectivity index (χ2n) is 6.82. The van der Waals surface area contributed by atoms with E-state index in [1.807, 2.05) is 24.3 Å². The first-order valence-corrected chi connectivity index (χ1v) is 10.4. The highest BCUT2D eigenvalue weighted by Crippen LogP contribution is 2.21. The predicted octanol–water partition coefficient (Wildman–Crippen LogP) is 3.83. The number of likely N-dealkylation sites (N-methyl/N-ethyl adjacent to an activating group) is 1. The molecule has 0 aromatic heterocycles. The summed E-state index contributed by atoms with van der Waals surface area (Å²) in [5.74, 6) is -1.84. The molecule has 150 valence electrons. The van der Waals surface area contributed by atoms with Crippen LogP contribution in [0, 0.1) is 11.6 Å². The Bertz CT molecular complexity index is 793. The summed E-state index contributed by atoms with van der Waals surface area (Å²) in [7, 11) is 0. The molecule has 0 radical (unpaired) electrons. The molecular formula is C21H25F2N3OS. The third kappa shape index (κ3) is 6.02. The lowest BCUT2D eigenvalue weighted by atomic mass is 10.1. The third-order valence-electron chi connectivity index (χ3n) is 4.82. The standard InChI is InChI=1S/C21H25F2N3OS/c1-2-25-9-11-26(12-10-25)14-16-3-5-17(6-4-16)24-21(27)15-28-18-7-8-19(22)20(23)13-18/h3-8,13H,2,9-12,14-15H2,1H3,(H,24,27). The minimum atomic E-state index is -0.905. The number of nitrogens with zero attached hydrogens (tertiary/aromatic N) is 2. The molecule has 1 heterocycles. The van der Waals surface area contributed by atoms with Crippen molar-refractivity contribution in [2.75, 3.05) is 43.8 Å². The molecule has 1 amide bonds. The molecule has 1 saturated heterocycles. The second-order valence-corrected chi connectivity index (χ2v) is 7.87. The Hall–Kier alpha value is -1.96. The fourth-order valence-electron chi connectivity index (χ4n) is 3.13. The summed E-state index contributed by atoms with van der Waals surface area (Å²) in [6.45, 7) is 8.59. The Morgan fingerprint density at radius 2 is 1.68 bits per heavy atom. The summed E-state index contributed by atoms with van der Waals surface area (Å²) >= 11 is 1.17. The van der Waals surface area contributed by atoms with E-state index >= 15 is 0 Å². The first kappa shape index (κ1) is 20.8. The van der Waals surface area contributed by atoms with Crippen molar-refractivity contribution in [1.82, 2.24) is 9.80 Å². The van der Waals surface area contributed by atoms with E-state index in [-0.39, 0.29) is 11.7 Å². The molecule has 2 aromatic carbocycles. The topological polar surface area (TPSA) is 35.6 Å². The number of hydrogen-bond donors (Lipinski definition) is 1. The first-order chi connectivity index (χ1) is 13.5. The highest BCUT2D eigenvalue weighted by Gasteiger charge is 2.15. The lowest BCUT2D eigenvalue weighted by Crippen LogP contribution is -2.45. The smallest absolute Gasteiger partial charge is 0.234 e. The normalized spacial score (nSPS) is 15.5. The zero-order valence-electron chi connectivity index (χ0n) is 16.0. The number of carbonyl (C=O) groups is 1. The lowest BCUT2D eigenvalue weighted by Gasteiger charge is -2.34. The van der Waals surface area contributed by atoms with Gasteiger partial charge in [-0.15, -0.1) is 11.8 Å². The van der Waals surface area contributed by atoms with Crippen LogP contribution in [-0.4, -0.2) is 54.2 Å². The van der Waals surface area contributed by atoms with Crippen LogP contribution in [0.4, 0.5) is 14.5 Å². The minimum Gasteiger partial charge on any atom is -0.325 e. The third-order valence-corrected chi connectivity index (χ3v) is 5.81. The van der Waals surface area contributed by atoms with Gasteiger partial charge in [0.2, 0.25) is 5.91 Å². The molecule has 0 unspecified atom stereocenters. The van der Waals surface area contributed by atoms with Crippen molar-refractivity contribution in [1.29, 1.82) is 0 Å². The van der Waals surface area contributed by atoms with Crippen LogP contribution in [-0.2, 0) is 11.3 Å². The van der Waals surface area contributed by atoms with E-state index in [1.54, 1.807) is 0 Å². The van der Waals surface area contributed by atoms with Crippen LogP contribution in [0.1, 0.15) is 12.5 Å². The van der Waals surface area contributed by atoms with Gasteiger partial charge in [-0.3, -0.25) is 9.69 Å². The lowest BCUT2D eigenvalue weighted by molar-refractivity contribution is -0.113. The van der Waals surface area contributed by atoms with Gasteiger partial charge in [0.15, 0.2) is 11.6 Å². The number of halogens is 2. The van der Waals surface area contributed by atoms with Gasteiger partial charge in [0, 0.05) is 43.3 Å². The van der Waals surface area contributed by atoms with E-state index in [1.165, 1.54) is 23.4 Å². The van der Waals surface area contributed by atoms with Gasteiger partial charge in [0.05, 0.1) is 5.75 Å². The van der Waals surface area contributed by atoms with Gasteiger partial charge < -0.3 is 10.2 Å². The number of nitrogens with one attached hydrogen (secondary N) is 1. The Labute approximate surface area is 168 Å². The number of hydrogen-bond acceptors (Lipinski definition) is 4. The summed E-state index contributed by atoms with van der Waals surface area (Å²) in [4.78, 5) is 17.5. The molecular weight excluding hydrogens is 380 g/mol. The van der Waals surface area contributed by atoms with Crippen molar-refractivity contribution in [3.05, 3.63) is 59.7 Å². The predicted molar refractivity (Wildman–Crippen MR) is 110 cm³/mol. The van der Waals surface area contributed by atoms with Gasteiger partial charge in [-0.1, -0.05) is 19.1 Å². The largest absolute Gasteiger partial charge is 0.325 e. The Balaban J connectivity index is 1.44. The number of amides is 1. The Kier molecular flexibility index (Phi) is 7.42. The summed E-state index contributed by atoms with van der Waals surface area (Å²) in [6, 6.07) is 11.5. The van der Waals surface area contributed by atoms with Crippen LogP contribution in [0.3, 0.4) is 0 Å². The van der Waals surface area contributed by atoms with Crippen molar-refractivity contribution in [2.24, 2.45) is 0 Å². The monoisotopic (exact) mass is 405 g/mol. The number of piperazine rings is 1. The van der Waals surface area contributed by atoms with E-state index in [9.17, 15) is 13.6 Å². The second kappa shape index (κ2) is 10.0. The average Bonchev–Trinajstić information content (AvgIpc) is 2.71. The fourth-order valence-corrected chi connectivity index (χ4v) is 3.85. The van der Waals surface area contributed by atoms with Crippen LogP contribution in [0.2, 0.25) is 0 Å². The van der Waals surface area contributed by atoms with Gasteiger partial charge in [0.1, 0.15) is 0 Å². The number of rotatable bonds is 7. The van der Waals surface area contributed by atoms with Crippen molar-refractivity contribution in [3.8, 4) is 0 Å². The Morgan fingerprint density at radius 3 is 2.32 bits per heavy atom. The van der Waals surface area contributed by atoms with Crippen LogP contribution in [0.15, 0.2) is 47.4 Å². The quantitative estimate of drug-likeness (QED) is 0.710. The summed E-state index contributed by atoms with van der Waals surface area (Å²) in [6.07, 6.45) is 0. The summed E-state index contributed by atoms with van der Waals surface area (Å²) in [5, 5.41) is 2.83. The van der Waals surface area contributed by atoms with Crippen molar-refractivity contribution >= 4 is 23.4 Å². The molecule has 1 aliphatic heterocycles. The van der Waals surface area contributed by atoms with Crippen LogP contribution < -0.4 is 5.32 Å². The molecule has 0 bridgehead atoms. The molecule has 28 heavy (non-hydrogen) atoms. The van der Waals surface area contributed by atoms with E-state index < -0.39 is 11.6 Å². The maximum Gasteiger partial charge on any atom is 0.234 e. The molecule has 1 fully saturated rings. The van der Waals surface area contributed by atoms with Gasteiger partial charge in [-0.05, 0) is 42.4 Å². The highest BCUT2D eigenvalue weighted by molar-refractivity contribution is 8.00. The zero-order valence-corrected chi connectivity index (χ0v) is 16.8. The number of thioether (sulfide) groups is 1. The molecule has 4 nitrogen and oxygen atoms in total. The molecule has 0 saturated carbocycles. The molecule has 2 aromatic rings. The molecule has 7 heteroatoms. The zero-order chi connectivity index (χ0) is 19.9. The van der Waals surface area contributed by atoms with Crippen LogP contribution in [0.5, 0.6) is 0 Å². The van der Waals surface area contributed by atoms with Gasteiger partial charge in [0.25, 0.3) is 0 Å². The number of carbonyl (C=O) groups excluding carboxylic acids is 1. The maximum atomic E-state index is 13.2. The van der Waals surface area contributed by atoms with Crippen LogP contribution in [0.25, 0.3) is 0 Å². The maximum absolute atomic E-state index is 13.2.